The van der Waals surface area contributed by atoms with Gasteiger partial charge in [-0.05, 0) is 46.5 Å². The van der Waals surface area contributed by atoms with Crippen molar-refractivity contribution in [3.63, 3.8) is 0 Å². The van der Waals surface area contributed by atoms with Gasteiger partial charge in [0.05, 0.1) is 4.47 Å². The van der Waals surface area contributed by atoms with Gasteiger partial charge in [-0.3, -0.25) is 0 Å². The van der Waals surface area contributed by atoms with E-state index in [0.717, 1.165) is 18.4 Å². The summed E-state index contributed by atoms with van der Waals surface area (Å²) in [5.41, 5.74) is 6.93. The van der Waals surface area contributed by atoms with Crippen LogP contribution in [0.25, 0.3) is 0 Å². The highest BCUT2D eigenvalue weighted by Gasteiger charge is 2.06. The van der Waals surface area contributed by atoms with Crippen LogP contribution in [-0.4, -0.2) is 19.8 Å². The van der Waals surface area contributed by atoms with Crippen LogP contribution in [-0.2, 0) is 11.2 Å². The van der Waals surface area contributed by atoms with Gasteiger partial charge >= 0.3 is 0 Å². The molecule has 0 aliphatic carbocycles. The molecule has 0 aliphatic heterocycles. The van der Waals surface area contributed by atoms with Crippen LogP contribution >= 0.6 is 15.9 Å². The first kappa shape index (κ1) is 12.6. The molecular weight excluding hydrogens is 261 g/mol. The fraction of sp³-hybridized carbons (Fsp3) is 0.455. The molecule has 2 N–H and O–H groups in total. The Labute approximate surface area is 97.7 Å². The molecule has 2 nitrogen and oxygen atoms in total. The second-order valence-corrected chi connectivity index (χ2v) is 4.35. The molecule has 0 aliphatic rings. The van der Waals surface area contributed by atoms with E-state index in [4.69, 9.17) is 10.5 Å². The van der Waals surface area contributed by atoms with Gasteiger partial charge in [-0.2, -0.15) is 0 Å². The van der Waals surface area contributed by atoms with E-state index >= 15 is 0 Å². The highest BCUT2D eigenvalue weighted by molar-refractivity contribution is 9.10. The third-order valence-corrected chi connectivity index (χ3v) is 2.78. The van der Waals surface area contributed by atoms with Crippen LogP contribution < -0.4 is 5.73 Å². The van der Waals surface area contributed by atoms with Gasteiger partial charge in [0, 0.05) is 19.8 Å². The summed E-state index contributed by atoms with van der Waals surface area (Å²) in [6, 6.07) is 5.03. The summed E-state index contributed by atoms with van der Waals surface area (Å²) in [6.45, 7) is 0.656. The number of halogens is 2. The van der Waals surface area contributed by atoms with Gasteiger partial charge in [0.1, 0.15) is 5.82 Å². The van der Waals surface area contributed by atoms with E-state index < -0.39 is 0 Å². The zero-order valence-electron chi connectivity index (χ0n) is 8.67. The summed E-state index contributed by atoms with van der Waals surface area (Å²) in [5, 5.41) is 0. The molecule has 0 bridgehead atoms. The first-order chi connectivity index (χ1) is 7.13. The molecule has 0 radical (unpaired) electrons. The van der Waals surface area contributed by atoms with E-state index in [1.165, 1.54) is 6.07 Å². The number of benzene rings is 1. The van der Waals surface area contributed by atoms with Crippen molar-refractivity contribution in [3.8, 4) is 0 Å². The van der Waals surface area contributed by atoms with Gasteiger partial charge in [-0.1, -0.05) is 6.07 Å². The Hall–Kier alpha value is -0.450. The SMILES string of the molecule is COCCC(N)Cc1ccc(F)c(Br)c1. The van der Waals surface area contributed by atoms with Crippen LogP contribution in [0.4, 0.5) is 4.39 Å². The summed E-state index contributed by atoms with van der Waals surface area (Å²) in [5.74, 6) is -0.246. The molecule has 0 saturated carbocycles. The van der Waals surface area contributed by atoms with Crippen LogP contribution in [0.1, 0.15) is 12.0 Å². The van der Waals surface area contributed by atoms with Crippen molar-refractivity contribution in [1.82, 2.24) is 0 Å². The molecule has 1 aromatic rings. The number of nitrogens with two attached hydrogens (primary N) is 1. The largest absolute Gasteiger partial charge is 0.385 e. The van der Waals surface area contributed by atoms with Crippen LogP contribution in [0.2, 0.25) is 0 Å². The van der Waals surface area contributed by atoms with E-state index in [1.807, 2.05) is 0 Å². The van der Waals surface area contributed by atoms with E-state index in [9.17, 15) is 4.39 Å². The molecular formula is C11H15BrFNO. The Balaban J connectivity index is 2.53. The van der Waals surface area contributed by atoms with E-state index in [2.05, 4.69) is 15.9 Å². The minimum atomic E-state index is -0.246. The third kappa shape index (κ3) is 4.28. The molecule has 0 fully saturated rings. The quantitative estimate of drug-likeness (QED) is 0.896. The smallest absolute Gasteiger partial charge is 0.137 e. The minimum absolute atomic E-state index is 0.0577. The lowest BCUT2D eigenvalue weighted by Crippen LogP contribution is -2.24. The maximum absolute atomic E-state index is 12.9. The number of ether oxygens (including phenoxy) is 1. The van der Waals surface area contributed by atoms with Crippen LogP contribution in [0.3, 0.4) is 0 Å². The third-order valence-electron chi connectivity index (χ3n) is 2.17. The molecule has 1 aromatic carbocycles. The van der Waals surface area contributed by atoms with Crippen molar-refractivity contribution in [2.75, 3.05) is 13.7 Å². The fourth-order valence-corrected chi connectivity index (χ4v) is 1.77. The van der Waals surface area contributed by atoms with Crippen LogP contribution in [0.15, 0.2) is 22.7 Å². The molecule has 15 heavy (non-hydrogen) atoms. The van der Waals surface area contributed by atoms with Crippen LogP contribution in [0, 0.1) is 5.82 Å². The van der Waals surface area contributed by atoms with Crippen molar-refractivity contribution in [1.29, 1.82) is 0 Å². The molecule has 0 spiro atoms. The zero-order chi connectivity index (χ0) is 11.3. The summed E-state index contributed by atoms with van der Waals surface area (Å²) in [6.07, 6.45) is 1.55. The summed E-state index contributed by atoms with van der Waals surface area (Å²) in [7, 11) is 1.65. The van der Waals surface area contributed by atoms with Crippen LogP contribution in [0.5, 0.6) is 0 Å². The topological polar surface area (TPSA) is 35.2 Å². The van der Waals surface area contributed by atoms with E-state index in [-0.39, 0.29) is 11.9 Å². The summed E-state index contributed by atoms with van der Waals surface area (Å²) < 4.78 is 18.4. The first-order valence-corrected chi connectivity index (χ1v) is 5.61. The lowest BCUT2D eigenvalue weighted by molar-refractivity contribution is 0.188. The predicted molar refractivity (Wildman–Crippen MR) is 62.3 cm³/mol. The number of hydrogen-bond acceptors (Lipinski definition) is 2. The van der Waals surface area contributed by atoms with Crippen molar-refractivity contribution in [2.24, 2.45) is 5.73 Å². The molecule has 1 atom stereocenters. The highest BCUT2D eigenvalue weighted by Crippen LogP contribution is 2.17. The predicted octanol–water partition coefficient (Wildman–Crippen LogP) is 2.49. The van der Waals surface area contributed by atoms with Crippen molar-refractivity contribution in [2.45, 2.75) is 18.9 Å². The standard InChI is InChI=1S/C11H15BrFNO/c1-15-5-4-9(14)6-8-2-3-11(13)10(12)7-8/h2-3,7,9H,4-6,14H2,1H3. The summed E-state index contributed by atoms with van der Waals surface area (Å²) >= 11 is 3.15. The fourth-order valence-electron chi connectivity index (χ4n) is 1.34. The van der Waals surface area contributed by atoms with Gasteiger partial charge in [-0.15, -0.1) is 0 Å². The Morgan fingerprint density at radius 3 is 2.87 bits per heavy atom. The molecule has 0 amide bonds. The van der Waals surface area contributed by atoms with Crippen molar-refractivity contribution in [3.05, 3.63) is 34.1 Å². The number of methoxy groups -OCH3 is 1. The highest BCUT2D eigenvalue weighted by atomic mass is 79.9. The van der Waals surface area contributed by atoms with Gasteiger partial charge in [0.2, 0.25) is 0 Å². The maximum Gasteiger partial charge on any atom is 0.137 e. The van der Waals surface area contributed by atoms with Crippen molar-refractivity contribution < 1.29 is 9.13 Å². The average molecular weight is 276 g/mol. The minimum Gasteiger partial charge on any atom is -0.385 e. The van der Waals surface area contributed by atoms with E-state index in [1.54, 1.807) is 19.2 Å². The molecule has 0 saturated heterocycles. The van der Waals surface area contributed by atoms with Crippen molar-refractivity contribution >= 4 is 15.9 Å². The summed E-state index contributed by atoms with van der Waals surface area (Å²) in [4.78, 5) is 0. The zero-order valence-corrected chi connectivity index (χ0v) is 10.3. The monoisotopic (exact) mass is 275 g/mol. The Morgan fingerprint density at radius 1 is 1.53 bits per heavy atom. The van der Waals surface area contributed by atoms with Gasteiger partial charge in [-0.25, -0.2) is 4.39 Å². The maximum atomic E-state index is 12.9. The number of rotatable bonds is 5. The second-order valence-electron chi connectivity index (χ2n) is 3.49. The Kier molecular flexibility index (Phi) is 5.22. The average Bonchev–Trinajstić information content (AvgIpc) is 2.20. The van der Waals surface area contributed by atoms with Gasteiger partial charge in [0.15, 0.2) is 0 Å². The molecule has 0 heterocycles. The van der Waals surface area contributed by atoms with Gasteiger partial charge in [0.25, 0.3) is 0 Å². The molecule has 1 rings (SSSR count). The van der Waals surface area contributed by atoms with E-state index in [0.29, 0.717) is 11.1 Å². The lowest BCUT2D eigenvalue weighted by Gasteiger charge is -2.11. The second kappa shape index (κ2) is 6.20. The normalized spacial score (nSPS) is 12.8. The number of hydrogen-bond donors (Lipinski definition) is 1. The molecule has 4 heteroatoms. The molecule has 84 valence electrons. The lowest BCUT2D eigenvalue weighted by atomic mass is 10.0. The first-order valence-electron chi connectivity index (χ1n) is 4.82. The van der Waals surface area contributed by atoms with Gasteiger partial charge < -0.3 is 10.5 Å². The molecule has 0 aromatic heterocycles. The Bertz CT molecular complexity index is 319. The molecule has 1 unspecified atom stereocenters. The Morgan fingerprint density at radius 2 is 2.27 bits per heavy atom.